The van der Waals surface area contributed by atoms with E-state index in [1.165, 1.54) is 22.3 Å². The van der Waals surface area contributed by atoms with Gasteiger partial charge in [0.25, 0.3) is 0 Å². The number of aryl methyl sites for hydroxylation is 2. The Morgan fingerprint density at radius 3 is 2.89 bits per heavy atom. The first-order valence-corrected chi connectivity index (χ1v) is 9.68. The average molecular weight is 381 g/mol. The number of hydrogen-bond acceptors (Lipinski definition) is 4. The Balaban J connectivity index is 1.89. The molecule has 2 aromatic rings. The Morgan fingerprint density at radius 2 is 2.07 bits per heavy atom. The van der Waals surface area contributed by atoms with Gasteiger partial charge in [-0.3, -0.25) is 9.82 Å². The molecule has 4 nitrogen and oxygen atoms in total. The number of aromatic nitrogens is 1. The van der Waals surface area contributed by atoms with Crippen molar-refractivity contribution in [2.75, 3.05) is 13.2 Å². The zero-order chi connectivity index (χ0) is 18.8. The number of hydrogen-bond donors (Lipinski definition) is 0. The molecule has 0 spiro atoms. The molecule has 1 aromatic heterocycles. The number of piperidine rings is 1. The normalized spacial score (nSPS) is 19.2. The number of pyridine rings is 1. The van der Waals surface area contributed by atoms with E-state index in [2.05, 4.69) is 24.1 Å². The van der Waals surface area contributed by atoms with Gasteiger partial charge in [-0.25, -0.2) is 9.86 Å². The van der Waals surface area contributed by atoms with E-state index in [0.717, 1.165) is 35.6 Å². The molecule has 0 unspecified atom stereocenters. The Morgan fingerprint density at radius 1 is 1.22 bits per heavy atom. The van der Waals surface area contributed by atoms with Gasteiger partial charge in [0.15, 0.2) is 0 Å². The first-order valence-electron chi connectivity index (χ1n) is 9.30. The molecule has 1 fully saturated rings. The fourth-order valence-electron chi connectivity index (χ4n) is 3.98. The van der Waals surface area contributed by atoms with Crippen molar-refractivity contribution in [1.29, 1.82) is 0 Å². The smallest absolute Gasteiger partial charge is 0.148 e. The maximum absolute atomic E-state index is 11.5. The molecule has 2 aliphatic rings. The van der Waals surface area contributed by atoms with Crippen molar-refractivity contribution >= 4 is 23.1 Å². The van der Waals surface area contributed by atoms with Crippen LogP contribution >= 0.6 is 11.6 Å². The van der Waals surface area contributed by atoms with Crippen LogP contribution in [0.4, 0.5) is 0 Å². The summed E-state index contributed by atoms with van der Waals surface area (Å²) >= 11 is 6.26. The molecule has 0 saturated carbocycles. The van der Waals surface area contributed by atoms with E-state index in [1.807, 2.05) is 25.3 Å². The predicted octanol–water partition coefficient (Wildman–Crippen LogP) is 4.40. The van der Waals surface area contributed by atoms with Gasteiger partial charge in [0, 0.05) is 29.8 Å². The largest absolute Gasteiger partial charge is 0.273 e. The van der Waals surface area contributed by atoms with E-state index in [4.69, 9.17) is 21.4 Å². The third kappa shape index (κ3) is 3.44. The number of rotatable bonds is 2. The molecule has 1 saturated heterocycles. The van der Waals surface area contributed by atoms with Gasteiger partial charge in [-0.1, -0.05) is 29.3 Å². The van der Waals surface area contributed by atoms with Crippen LogP contribution in [0.2, 0.25) is 5.02 Å². The maximum Gasteiger partial charge on any atom is 0.148 e. The molecule has 5 heteroatoms. The van der Waals surface area contributed by atoms with Gasteiger partial charge in [0.05, 0.1) is 12.3 Å². The van der Waals surface area contributed by atoms with Crippen molar-refractivity contribution in [3.8, 4) is 0 Å². The molecule has 138 valence electrons. The second-order valence-corrected chi connectivity index (χ2v) is 7.22. The van der Waals surface area contributed by atoms with Gasteiger partial charge >= 0.3 is 0 Å². The topological polar surface area (TPSA) is 42.4 Å². The summed E-state index contributed by atoms with van der Waals surface area (Å²) in [6.07, 6.45) is 5.03. The molecule has 0 bridgehead atoms. The van der Waals surface area contributed by atoms with Crippen LogP contribution in [0, 0.1) is 0 Å². The molecular weight excluding hydrogens is 360 g/mol. The second kappa shape index (κ2) is 7.69. The van der Waals surface area contributed by atoms with Gasteiger partial charge in [0.1, 0.15) is 11.6 Å². The molecule has 1 aliphatic carbocycles. The first-order chi connectivity index (χ1) is 13.2. The van der Waals surface area contributed by atoms with Crippen LogP contribution in [0.1, 0.15) is 42.1 Å². The monoisotopic (exact) mass is 380 g/mol. The van der Waals surface area contributed by atoms with E-state index in [1.54, 1.807) is 5.06 Å². The molecule has 1 aromatic carbocycles. The molecule has 4 rings (SSSR count). The third-order valence-corrected chi connectivity index (χ3v) is 5.42. The van der Waals surface area contributed by atoms with Crippen LogP contribution in [0.25, 0.3) is 5.57 Å². The van der Waals surface area contributed by atoms with E-state index in [0.29, 0.717) is 25.3 Å². The number of halogens is 1. The van der Waals surface area contributed by atoms with Gasteiger partial charge in [0.2, 0.25) is 0 Å². The maximum atomic E-state index is 11.5. The van der Waals surface area contributed by atoms with Crippen LogP contribution in [0.15, 0.2) is 47.8 Å². The molecule has 0 radical (unpaired) electrons. The van der Waals surface area contributed by atoms with Gasteiger partial charge in [-0.15, -0.1) is 0 Å². The highest BCUT2D eigenvalue weighted by Gasteiger charge is 2.27. The number of carbonyl (C=O) groups excluding carboxylic acids is 1. The number of nitrogens with zero attached hydrogens (tertiary/aromatic N) is 2. The summed E-state index contributed by atoms with van der Waals surface area (Å²) in [6, 6.07) is 10.2. The van der Waals surface area contributed by atoms with Crippen molar-refractivity contribution in [3.05, 3.63) is 75.2 Å². The van der Waals surface area contributed by atoms with Crippen molar-refractivity contribution in [2.24, 2.45) is 0 Å². The summed E-state index contributed by atoms with van der Waals surface area (Å²) in [5.41, 5.74) is 7.53. The minimum atomic E-state index is 0.525. The summed E-state index contributed by atoms with van der Waals surface area (Å²) < 4.78 is 0. The van der Waals surface area contributed by atoms with Crippen molar-refractivity contribution in [1.82, 2.24) is 10.0 Å². The molecule has 0 atom stereocenters. The summed E-state index contributed by atoms with van der Waals surface area (Å²) in [4.78, 5) is 21.8. The van der Waals surface area contributed by atoms with Crippen LogP contribution in [0.5, 0.6) is 0 Å². The van der Waals surface area contributed by atoms with Gasteiger partial charge < -0.3 is 0 Å². The SMILES string of the molecule is CCON1CCC(=C2c3ccc(Cl)cc3CCc3cccnc32)CC1=C=O. The number of fused-ring (bicyclic) bond motifs is 2. The lowest BCUT2D eigenvalue weighted by molar-refractivity contribution is -0.130. The van der Waals surface area contributed by atoms with Crippen molar-refractivity contribution in [3.63, 3.8) is 0 Å². The van der Waals surface area contributed by atoms with Crippen molar-refractivity contribution in [2.45, 2.75) is 32.6 Å². The van der Waals surface area contributed by atoms with E-state index < -0.39 is 0 Å². The minimum Gasteiger partial charge on any atom is -0.273 e. The van der Waals surface area contributed by atoms with Crippen LogP contribution in [0.3, 0.4) is 0 Å². The fourth-order valence-corrected chi connectivity index (χ4v) is 4.18. The van der Waals surface area contributed by atoms with Gasteiger partial charge in [-0.05, 0) is 61.1 Å². The lowest BCUT2D eigenvalue weighted by Gasteiger charge is -2.31. The van der Waals surface area contributed by atoms with E-state index in [-0.39, 0.29) is 0 Å². The molecule has 2 heterocycles. The number of hydroxylamine groups is 2. The van der Waals surface area contributed by atoms with Crippen LogP contribution in [-0.4, -0.2) is 29.1 Å². The second-order valence-electron chi connectivity index (χ2n) is 6.79. The van der Waals surface area contributed by atoms with E-state index >= 15 is 0 Å². The summed E-state index contributed by atoms with van der Waals surface area (Å²) in [5.74, 6) is 2.07. The summed E-state index contributed by atoms with van der Waals surface area (Å²) in [7, 11) is 0. The summed E-state index contributed by atoms with van der Waals surface area (Å²) in [6.45, 7) is 3.09. The van der Waals surface area contributed by atoms with Crippen LogP contribution in [-0.2, 0) is 22.5 Å². The Bertz CT molecular complexity index is 961. The van der Waals surface area contributed by atoms with Crippen molar-refractivity contribution < 1.29 is 9.63 Å². The molecule has 1 aliphatic heterocycles. The molecule has 27 heavy (non-hydrogen) atoms. The Hall–Kier alpha value is -2.39. The Kier molecular flexibility index (Phi) is 5.13. The highest BCUT2D eigenvalue weighted by molar-refractivity contribution is 6.30. The number of benzene rings is 1. The third-order valence-electron chi connectivity index (χ3n) is 5.18. The zero-order valence-electron chi connectivity index (χ0n) is 15.3. The standard InChI is InChI=1S/C22H21ClN2O2/c1-2-27-25-11-9-17(13-19(25)14-26)21-20-8-7-18(23)12-16(20)6-5-15-4-3-10-24-22(15)21/h3-4,7-8,10,12H,2,5-6,9,11,13H2,1H3. The minimum absolute atomic E-state index is 0.525. The zero-order valence-corrected chi connectivity index (χ0v) is 16.1. The average Bonchev–Trinajstić information content (AvgIpc) is 2.85. The molecule has 0 amide bonds. The van der Waals surface area contributed by atoms with Crippen LogP contribution < -0.4 is 0 Å². The fraction of sp³-hybridized carbons (Fsp3) is 0.318. The highest BCUT2D eigenvalue weighted by atomic mass is 35.5. The Labute approximate surface area is 164 Å². The lowest BCUT2D eigenvalue weighted by Crippen LogP contribution is -2.30. The quantitative estimate of drug-likeness (QED) is 0.724. The predicted molar refractivity (Wildman–Crippen MR) is 106 cm³/mol. The molecule has 0 N–H and O–H groups in total. The number of allylic oxidation sites excluding steroid dienone is 1. The lowest BCUT2D eigenvalue weighted by atomic mass is 9.88. The van der Waals surface area contributed by atoms with E-state index in [9.17, 15) is 4.79 Å². The first kappa shape index (κ1) is 18.0. The molecular formula is C22H21ClN2O2. The highest BCUT2D eigenvalue weighted by Crippen LogP contribution is 2.39. The summed E-state index contributed by atoms with van der Waals surface area (Å²) in [5, 5.41) is 2.42. The van der Waals surface area contributed by atoms with Gasteiger partial charge in [-0.2, -0.15) is 0 Å².